The fourth-order valence-corrected chi connectivity index (χ4v) is 3.02. The van der Waals surface area contributed by atoms with Crippen LogP contribution in [-0.4, -0.2) is 26.2 Å². The molecule has 0 radical (unpaired) electrons. The number of phenolic OH excluding ortho intramolecular Hbond substituents is 1. The maximum absolute atomic E-state index is 12.0. The summed E-state index contributed by atoms with van der Waals surface area (Å²) >= 11 is 0. The molecule has 0 saturated carbocycles. The van der Waals surface area contributed by atoms with Gasteiger partial charge in [0, 0.05) is 24.6 Å². The molecule has 4 aromatic rings. The number of phenols is 1. The van der Waals surface area contributed by atoms with Gasteiger partial charge in [-0.05, 0) is 47.0 Å². The number of hydrogen-bond acceptors (Lipinski definition) is 6. The van der Waals surface area contributed by atoms with E-state index in [9.17, 15) is 9.90 Å². The molecular formula is C22H20N6O2. The average molecular weight is 400 g/mol. The fraction of sp³-hybridized carbons (Fsp3) is 0.0455. The molecular weight excluding hydrogens is 380 g/mol. The minimum absolute atomic E-state index is 0.194. The summed E-state index contributed by atoms with van der Waals surface area (Å²) < 4.78 is 0. The van der Waals surface area contributed by atoms with Crippen molar-refractivity contribution in [3.8, 4) is 16.9 Å². The number of H-pyrrole nitrogens is 1. The Bertz CT molecular complexity index is 1140. The van der Waals surface area contributed by atoms with Gasteiger partial charge in [0.15, 0.2) is 5.82 Å². The predicted octanol–water partition coefficient (Wildman–Crippen LogP) is 3.63. The largest absolute Gasteiger partial charge is 0.508 e. The Balaban J connectivity index is 1.50. The molecule has 2 aromatic carbocycles. The van der Waals surface area contributed by atoms with E-state index in [1.54, 1.807) is 36.7 Å². The third-order valence-corrected chi connectivity index (χ3v) is 4.56. The van der Waals surface area contributed by atoms with E-state index in [0.717, 1.165) is 22.4 Å². The Morgan fingerprint density at radius 2 is 1.80 bits per heavy atom. The van der Waals surface area contributed by atoms with Crippen molar-refractivity contribution >= 4 is 23.2 Å². The van der Waals surface area contributed by atoms with Gasteiger partial charge < -0.3 is 21.5 Å². The van der Waals surface area contributed by atoms with Gasteiger partial charge in [-0.2, -0.15) is 5.10 Å². The van der Waals surface area contributed by atoms with Crippen molar-refractivity contribution in [2.24, 2.45) is 5.73 Å². The summed E-state index contributed by atoms with van der Waals surface area (Å²) in [5.74, 6) is 0.348. The van der Waals surface area contributed by atoms with Gasteiger partial charge >= 0.3 is 0 Å². The summed E-state index contributed by atoms with van der Waals surface area (Å²) in [7, 11) is 0. The normalized spacial score (nSPS) is 10.5. The van der Waals surface area contributed by atoms with Crippen LogP contribution in [0.2, 0.25) is 0 Å². The first kappa shape index (κ1) is 19.0. The first-order chi connectivity index (χ1) is 14.6. The van der Waals surface area contributed by atoms with E-state index in [1.807, 2.05) is 36.4 Å². The number of aromatic amines is 1. The van der Waals surface area contributed by atoms with Crippen molar-refractivity contribution in [2.45, 2.75) is 6.54 Å². The average Bonchev–Trinajstić information content (AvgIpc) is 3.17. The van der Waals surface area contributed by atoms with Gasteiger partial charge in [0.25, 0.3) is 5.91 Å². The smallest absolute Gasteiger partial charge is 0.256 e. The standard InChI is InChI=1S/C22H20N6O2/c23-20(30)19-21(25-12-14-3-9-18(29)10-4-14)27-28-22(19)26-17-7-5-15(6-8-17)16-2-1-11-24-13-16/h1-11,13,29H,12H2,(H2,23,30)(H3,25,26,27,28). The summed E-state index contributed by atoms with van der Waals surface area (Å²) in [5.41, 5.74) is 9.56. The zero-order chi connectivity index (χ0) is 20.9. The van der Waals surface area contributed by atoms with Gasteiger partial charge in [-0.1, -0.05) is 30.3 Å². The maximum Gasteiger partial charge on any atom is 0.256 e. The highest BCUT2D eigenvalue weighted by Gasteiger charge is 2.18. The summed E-state index contributed by atoms with van der Waals surface area (Å²) in [6.07, 6.45) is 3.53. The van der Waals surface area contributed by atoms with Crippen LogP contribution < -0.4 is 16.4 Å². The van der Waals surface area contributed by atoms with Crippen LogP contribution in [0.3, 0.4) is 0 Å². The molecule has 0 aliphatic heterocycles. The number of primary amides is 1. The Kier molecular flexibility index (Phi) is 5.29. The number of nitrogens with one attached hydrogen (secondary N) is 3. The molecule has 0 saturated heterocycles. The zero-order valence-electron chi connectivity index (χ0n) is 16.0. The molecule has 30 heavy (non-hydrogen) atoms. The number of anilines is 3. The van der Waals surface area contributed by atoms with Crippen LogP contribution >= 0.6 is 0 Å². The topological polar surface area (TPSA) is 129 Å². The molecule has 0 spiro atoms. The number of aromatic nitrogens is 3. The van der Waals surface area contributed by atoms with E-state index in [-0.39, 0.29) is 11.3 Å². The van der Waals surface area contributed by atoms with Gasteiger partial charge in [-0.15, -0.1) is 0 Å². The van der Waals surface area contributed by atoms with E-state index < -0.39 is 5.91 Å². The number of nitrogens with two attached hydrogens (primary N) is 1. The van der Waals surface area contributed by atoms with Crippen LogP contribution in [0.1, 0.15) is 15.9 Å². The second kappa shape index (κ2) is 8.36. The van der Waals surface area contributed by atoms with Crippen molar-refractivity contribution in [3.05, 3.63) is 84.2 Å². The molecule has 0 aliphatic carbocycles. The van der Waals surface area contributed by atoms with Gasteiger partial charge in [-0.3, -0.25) is 14.9 Å². The Morgan fingerprint density at radius 1 is 1.03 bits per heavy atom. The summed E-state index contributed by atoms with van der Waals surface area (Å²) in [6.45, 7) is 0.433. The summed E-state index contributed by atoms with van der Waals surface area (Å²) in [6, 6.07) is 18.3. The molecule has 150 valence electrons. The van der Waals surface area contributed by atoms with Crippen LogP contribution in [0.5, 0.6) is 5.75 Å². The molecule has 8 nitrogen and oxygen atoms in total. The maximum atomic E-state index is 12.0. The van der Waals surface area contributed by atoms with Crippen molar-refractivity contribution in [1.29, 1.82) is 0 Å². The molecule has 0 unspecified atom stereocenters. The van der Waals surface area contributed by atoms with Gasteiger partial charge in [0.2, 0.25) is 0 Å². The van der Waals surface area contributed by atoms with Crippen LogP contribution in [0.25, 0.3) is 11.1 Å². The Hall–Kier alpha value is -4.33. The number of nitrogens with zero attached hydrogens (tertiary/aromatic N) is 2. The second-order valence-corrected chi connectivity index (χ2v) is 6.65. The zero-order valence-corrected chi connectivity index (χ0v) is 16.0. The van der Waals surface area contributed by atoms with Crippen molar-refractivity contribution in [1.82, 2.24) is 15.2 Å². The first-order valence-corrected chi connectivity index (χ1v) is 9.27. The number of pyridine rings is 1. The molecule has 8 heteroatoms. The van der Waals surface area contributed by atoms with E-state index in [2.05, 4.69) is 25.8 Å². The first-order valence-electron chi connectivity index (χ1n) is 9.27. The number of hydrogen-bond donors (Lipinski definition) is 5. The summed E-state index contributed by atoms with van der Waals surface area (Å²) in [5, 5.41) is 22.6. The quantitative estimate of drug-likeness (QED) is 0.322. The molecule has 2 heterocycles. The highest BCUT2D eigenvalue weighted by atomic mass is 16.3. The number of carbonyl (C=O) groups excluding carboxylic acids is 1. The lowest BCUT2D eigenvalue weighted by Gasteiger charge is -2.08. The molecule has 0 aliphatic rings. The molecule has 4 rings (SSSR count). The molecule has 6 N–H and O–H groups in total. The number of amides is 1. The lowest BCUT2D eigenvalue weighted by Crippen LogP contribution is -2.15. The summed E-state index contributed by atoms with van der Waals surface area (Å²) in [4.78, 5) is 16.2. The van der Waals surface area contributed by atoms with E-state index in [1.165, 1.54) is 0 Å². The van der Waals surface area contributed by atoms with Gasteiger partial charge in [0.05, 0.1) is 0 Å². The van der Waals surface area contributed by atoms with Crippen LogP contribution in [0.4, 0.5) is 17.3 Å². The highest BCUT2D eigenvalue weighted by molar-refractivity contribution is 6.03. The monoisotopic (exact) mass is 400 g/mol. The minimum atomic E-state index is -0.605. The van der Waals surface area contributed by atoms with Gasteiger partial charge in [-0.25, -0.2) is 0 Å². The number of carbonyl (C=O) groups is 1. The molecule has 1 amide bonds. The van der Waals surface area contributed by atoms with Gasteiger partial charge in [0.1, 0.15) is 17.1 Å². The molecule has 0 fully saturated rings. The van der Waals surface area contributed by atoms with Crippen LogP contribution in [-0.2, 0) is 6.54 Å². The minimum Gasteiger partial charge on any atom is -0.508 e. The van der Waals surface area contributed by atoms with Crippen molar-refractivity contribution in [3.63, 3.8) is 0 Å². The lowest BCUT2D eigenvalue weighted by molar-refractivity contribution is 0.100. The van der Waals surface area contributed by atoms with Crippen LogP contribution in [0, 0.1) is 0 Å². The number of benzene rings is 2. The molecule has 0 bridgehead atoms. The molecule has 0 atom stereocenters. The SMILES string of the molecule is NC(=O)c1c(Nc2ccc(-c3cccnc3)cc2)n[nH]c1NCc1ccc(O)cc1. The fourth-order valence-electron chi connectivity index (χ4n) is 3.02. The third kappa shape index (κ3) is 4.22. The van der Waals surface area contributed by atoms with Crippen molar-refractivity contribution < 1.29 is 9.90 Å². The van der Waals surface area contributed by atoms with Crippen LogP contribution in [0.15, 0.2) is 73.1 Å². The predicted molar refractivity (Wildman–Crippen MR) is 115 cm³/mol. The van der Waals surface area contributed by atoms with E-state index in [4.69, 9.17) is 5.73 Å². The number of rotatable bonds is 7. The Labute approximate surface area is 172 Å². The lowest BCUT2D eigenvalue weighted by atomic mass is 10.1. The third-order valence-electron chi connectivity index (χ3n) is 4.56. The molecule has 2 aromatic heterocycles. The highest BCUT2D eigenvalue weighted by Crippen LogP contribution is 2.26. The van der Waals surface area contributed by atoms with E-state index >= 15 is 0 Å². The second-order valence-electron chi connectivity index (χ2n) is 6.65. The number of aromatic hydroxyl groups is 1. The Morgan fingerprint density at radius 3 is 2.47 bits per heavy atom. The van der Waals surface area contributed by atoms with E-state index in [0.29, 0.717) is 18.2 Å². The van der Waals surface area contributed by atoms with Crippen molar-refractivity contribution in [2.75, 3.05) is 10.6 Å².